The zero-order valence-corrected chi connectivity index (χ0v) is 11.8. The predicted octanol–water partition coefficient (Wildman–Crippen LogP) is 5.18. The first kappa shape index (κ1) is 12.1. The normalized spacial score (nSPS) is 10.8. The molecule has 0 spiro atoms. The SMILES string of the molecule is Cc1ccc(-c2cc(=S)[nH]c3ccc(C)cc23)cc1. The average molecular weight is 265 g/mol. The lowest BCUT2D eigenvalue weighted by molar-refractivity contribution is 1.36. The standard InChI is InChI=1S/C17H15NS/c1-11-3-6-13(7-4-11)14-10-17(19)18-16-8-5-12(2)9-15(14)16/h3-10H,1-2H3,(H,18,19). The molecule has 1 heterocycles. The third-order valence-corrected chi connectivity index (χ3v) is 3.58. The van der Waals surface area contributed by atoms with Crippen molar-refractivity contribution in [3.05, 3.63) is 64.3 Å². The van der Waals surface area contributed by atoms with E-state index in [9.17, 15) is 0 Å². The van der Waals surface area contributed by atoms with E-state index in [1.165, 1.54) is 27.6 Å². The molecule has 0 radical (unpaired) electrons. The Morgan fingerprint density at radius 3 is 2.26 bits per heavy atom. The van der Waals surface area contributed by atoms with Crippen LogP contribution in [0.2, 0.25) is 0 Å². The molecule has 0 bridgehead atoms. The van der Waals surface area contributed by atoms with Crippen molar-refractivity contribution < 1.29 is 0 Å². The number of aromatic amines is 1. The number of nitrogens with one attached hydrogen (secondary N) is 1. The molecule has 0 fully saturated rings. The van der Waals surface area contributed by atoms with Crippen LogP contribution < -0.4 is 0 Å². The summed E-state index contributed by atoms with van der Waals surface area (Å²) in [5.41, 5.74) is 6.02. The number of fused-ring (bicyclic) bond motifs is 1. The molecule has 0 saturated carbocycles. The van der Waals surface area contributed by atoms with Crippen LogP contribution >= 0.6 is 12.2 Å². The number of aromatic nitrogens is 1. The Morgan fingerprint density at radius 1 is 0.842 bits per heavy atom. The van der Waals surface area contributed by atoms with E-state index in [-0.39, 0.29) is 0 Å². The molecule has 0 aliphatic rings. The minimum Gasteiger partial charge on any atom is -0.346 e. The van der Waals surface area contributed by atoms with Gasteiger partial charge in [-0.05, 0) is 43.2 Å². The molecule has 2 aromatic carbocycles. The summed E-state index contributed by atoms with van der Waals surface area (Å²) >= 11 is 5.33. The first-order valence-electron chi connectivity index (χ1n) is 6.34. The summed E-state index contributed by atoms with van der Waals surface area (Å²) in [5, 5.41) is 1.22. The Balaban J connectivity index is 2.35. The third kappa shape index (κ3) is 2.32. The van der Waals surface area contributed by atoms with E-state index in [0.29, 0.717) is 0 Å². The molecule has 2 heteroatoms. The van der Waals surface area contributed by atoms with E-state index in [1.807, 2.05) is 6.07 Å². The molecule has 3 rings (SSSR count). The first-order chi connectivity index (χ1) is 9.13. The Kier molecular flexibility index (Phi) is 2.96. The van der Waals surface area contributed by atoms with Crippen molar-refractivity contribution in [2.45, 2.75) is 13.8 Å². The third-order valence-electron chi connectivity index (χ3n) is 3.36. The number of hydrogen-bond donors (Lipinski definition) is 1. The lowest BCUT2D eigenvalue weighted by atomic mass is 9.99. The van der Waals surface area contributed by atoms with Crippen LogP contribution in [-0.2, 0) is 0 Å². The molecule has 94 valence electrons. The quantitative estimate of drug-likeness (QED) is 0.599. The summed E-state index contributed by atoms with van der Waals surface area (Å²) in [4.78, 5) is 3.25. The van der Waals surface area contributed by atoms with Crippen LogP contribution in [-0.4, -0.2) is 4.98 Å². The summed E-state index contributed by atoms with van der Waals surface area (Å²) < 4.78 is 0.770. The van der Waals surface area contributed by atoms with Gasteiger partial charge >= 0.3 is 0 Å². The molecule has 1 nitrogen and oxygen atoms in total. The highest BCUT2D eigenvalue weighted by Crippen LogP contribution is 2.28. The van der Waals surface area contributed by atoms with Gasteiger partial charge in [0.25, 0.3) is 0 Å². The van der Waals surface area contributed by atoms with Crippen molar-refractivity contribution in [2.24, 2.45) is 0 Å². The Morgan fingerprint density at radius 2 is 1.53 bits per heavy atom. The maximum absolute atomic E-state index is 5.33. The second-order valence-corrected chi connectivity index (χ2v) is 5.40. The summed E-state index contributed by atoms with van der Waals surface area (Å²) in [6, 6.07) is 17.0. The second-order valence-electron chi connectivity index (χ2n) is 4.96. The van der Waals surface area contributed by atoms with E-state index in [0.717, 1.165) is 10.2 Å². The molecular formula is C17H15NS. The smallest absolute Gasteiger partial charge is 0.104 e. The van der Waals surface area contributed by atoms with E-state index >= 15 is 0 Å². The molecule has 0 unspecified atom stereocenters. The van der Waals surface area contributed by atoms with Gasteiger partial charge in [0, 0.05) is 10.9 Å². The van der Waals surface area contributed by atoms with Gasteiger partial charge in [0.1, 0.15) is 4.64 Å². The van der Waals surface area contributed by atoms with Gasteiger partial charge < -0.3 is 4.98 Å². The number of H-pyrrole nitrogens is 1. The summed E-state index contributed by atoms with van der Waals surface area (Å²) in [5.74, 6) is 0. The minimum absolute atomic E-state index is 0.770. The highest BCUT2D eigenvalue weighted by molar-refractivity contribution is 7.71. The fraction of sp³-hybridized carbons (Fsp3) is 0.118. The number of rotatable bonds is 1. The van der Waals surface area contributed by atoms with E-state index in [1.54, 1.807) is 0 Å². The van der Waals surface area contributed by atoms with Gasteiger partial charge in [-0.3, -0.25) is 0 Å². The molecular weight excluding hydrogens is 250 g/mol. The number of pyridine rings is 1. The predicted molar refractivity (Wildman–Crippen MR) is 84.0 cm³/mol. The Bertz CT molecular complexity index is 798. The van der Waals surface area contributed by atoms with Crippen molar-refractivity contribution in [2.75, 3.05) is 0 Å². The summed E-state index contributed by atoms with van der Waals surface area (Å²) in [6.45, 7) is 4.21. The maximum atomic E-state index is 5.33. The highest BCUT2D eigenvalue weighted by atomic mass is 32.1. The lowest BCUT2D eigenvalue weighted by Gasteiger charge is -2.08. The fourth-order valence-electron chi connectivity index (χ4n) is 2.34. The summed E-state index contributed by atoms with van der Waals surface area (Å²) in [7, 11) is 0. The molecule has 3 aromatic rings. The lowest BCUT2D eigenvalue weighted by Crippen LogP contribution is -1.87. The molecule has 1 N–H and O–H groups in total. The molecule has 1 aromatic heterocycles. The Hall–Kier alpha value is -1.93. The first-order valence-corrected chi connectivity index (χ1v) is 6.75. The van der Waals surface area contributed by atoms with Gasteiger partial charge in [-0.15, -0.1) is 0 Å². The average Bonchev–Trinajstić information content (AvgIpc) is 2.39. The van der Waals surface area contributed by atoms with Crippen molar-refractivity contribution in [1.82, 2.24) is 4.98 Å². The van der Waals surface area contributed by atoms with Crippen LogP contribution in [0, 0.1) is 18.5 Å². The molecule has 0 aliphatic carbocycles. The van der Waals surface area contributed by atoms with Gasteiger partial charge in [-0.25, -0.2) is 0 Å². The molecule has 0 amide bonds. The molecule has 19 heavy (non-hydrogen) atoms. The van der Waals surface area contributed by atoms with Crippen molar-refractivity contribution in [1.29, 1.82) is 0 Å². The fourth-order valence-corrected chi connectivity index (χ4v) is 2.57. The second kappa shape index (κ2) is 4.63. The van der Waals surface area contributed by atoms with Crippen LogP contribution in [0.25, 0.3) is 22.0 Å². The molecule has 0 aliphatic heterocycles. The number of benzene rings is 2. The maximum Gasteiger partial charge on any atom is 0.104 e. The number of hydrogen-bond acceptors (Lipinski definition) is 1. The van der Waals surface area contributed by atoms with Crippen molar-refractivity contribution in [3.8, 4) is 11.1 Å². The zero-order valence-electron chi connectivity index (χ0n) is 11.0. The van der Waals surface area contributed by atoms with Gasteiger partial charge in [-0.1, -0.05) is 53.7 Å². The van der Waals surface area contributed by atoms with E-state index in [2.05, 4.69) is 61.3 Å². The van der Waals surface area contributed by atoms with Crippen LogP contribution in [0.5, 0.6) is 0 Å². The molecule has 0 atom stereocenters. The van der Waals surface area contributed by atoms with Gasteiger partial charge in [0.2, 0.25) is 0 Å². The van der Waals surface area contributed by atoms with Gasteiger partial charge in [0.15, 0.2) is 0 Å². The van der Waals surface area contributed by atoms with E-state index in [4.69, 9.17) is 12.2 Å². The number of aryl methyl sites for hydroxylation is 2. The minimum atomic E-state index is 0.770. The van der Waals surface area contributed by atoms with Crippen LogP contribution in [0.3, 0.4) is 0 Å². The van der Waals surface area contributed by atoms with Crippen LogP contribution in [0.1, 0.15) is 11.1 Å². The zero-order chi connectivity index (χ0) is 13.4. The van der Waals surface area contributed by atoms with Gasteiger partial charge in [-0.2, -0.15) is 0 Å². The largest absolute Gasteiger partial charge is 0.346 e. The molecule has 0 saturated heterocycles. The summed E-state index contributed by atoms with van der Waals surface area (Å²) in [6.07, 6.45) is 0. The topological polar surface area (TPSA) is 15.8 Å². The Labute approximate surface area is 117 Å². The van der Waals surface area contributed by atoms with Crippen molar-refractivity contribution in [3.63, 3.8) is 0 Å². The highest BCUT2D eigenvalue weighted by Gasteiger charge is 2.05. The van der Waals surface area contributed by atoms with E-state index < -0.39 is 0 Å². The van der Waals surface area contributed by atoms with Crippen LogP contribution in [0.15, 0.2) is 48.5 Å². The monoisotopic (exact) mass is 265 g/mol. The van der Waals surface area contributed by atoms with Gasteiger partial charge in [0.05, 0.1) is 0 Å². The van der Waals surface area contributed by atoms with Crippen molar-refractivity contribution >= 4 is 23.1 Å². The van der Waals surface area contributed by atoms with Crippen LogP contribution in [0.4, 0.5) is 0 Å².